The average Bonchev–Trinajstić information content (AvgIpc) is 2.65. The first kappa shape index (κ1) is 18.5. The van der Waals surface area contributed by atoms with Crippen molar-refractivity contribution >= 4 is 17.6 Å². The van der Waals surface area contributed by atoms with Gasteiger partial charge >= 0.3 is 5.97 Å². The number of esters is 1. The number of hydrogen-bond donors (Lipinski definition) is 1. The second kappa shape index (κ2) is 9.47. The Labute approximate surface area is 148 Å². The number of ether oxygens (including phenoxy) is 2. The Bertz CT molecular complexity index is 710. The number of nitrogens with one attached hydrogen (secondary N) is 1. The summed E-state index contributed by atoms with van der Waals surface area (Å²) in [5, 5.41) is 2.79. The van der Waals surface area contributed by atoms with E-state index in [0.717, 1.165) is 19.3 Å². The fourth-order valence-corrected chi connectivity index (χ4v) is 2.30. The summed E-state index contributed by atoms with van der Waals surface area (Å²) in [7, 11) is 1.55. The average molecular weight is 341 g/mol. The second-order valence-electron chi connectivity index (χ2n) is 5.57. The molecule has 0 bridgehead atoms. The summed E-state index contributed by atoms with van der Waals surface area (Å²) in [5.74, 6) is -0.0525. The third kappa shape index (κ3) is 5.35. The number of methoxy groups -OCH3 is 1. The van der Waals surface area contributed by atoms with Crippen molar-refractivity contribution in [1.29, 1.82) is 0 Å². The highest BCUT2D eigenvalue weighted by atomic mass is 16.5. The van der Waals surface area contributed by atoms with Crippen LogP contribution in [0.25, 0.3) is 0 Å². The molecule has 0 unspecified atom stereocenters. The third-order valence-electron chi connectivity index (χ3n) is 3.72. The topological polar surface area (TPSA) is 64.6 Å². The number of hydrogen-bond acceptors (Lipinski definition) is 4. The van der Waals surface area contributed by atoms with Gasteiger partial charge in [0.1, 0.15) is 5.75 Å². The van der Waals surface area contributed by atoms with Gasteiger partial charge in [-0.05, 0) is 42.8 Å². The van der Waals surface area contributed by atoms with Gasteiger partial charge in [0.05, 0.1) is 25.0 Å². The minimum absolute atomic E-state index is 0.271. The van der Waals surface area contributed by atoms with Gasteiger partial charge in [0, 0.05) is 5.56 Å². The van der Waals surface area contributed by atoms with Crippen molar-refractivity contribution in [2.45, 2.75) is 26.2 Å². The highest BCUT2D eigenvalue weighted by molar-refractivity contribution is 6.05. The molecule has 0 atom stereocenters. The Morgan fingerprint density at radius 1 is 0.960 bits per heavy atom. The molecule has 0 aliphatic rings. The molecule has 1 N–H and O–H groups in total. The Morgan fingerprint density at radius 2 is 1.64 bits per heavy atom. The van der Waals surface area contributed by atoms with E-state index in [1.165, 1.54) is 0 Å². The molecule has 0 saturated carbocycles. The van der Waals surface area contributed by atoms with E-state index >= 15 is 0 Å². The van der Waals surface area contributed by atoms with Crippen LogP contribution in [0.1, 0.15) is 46.9 Å². The van der Waals surface area contributed by atoms with Crippen LogP contribution >= 0.6 is 0 Å². The van der Waals surface area contributed by atoms with Crippen LogP contribution in [0.3, 0.4) is 0 Å². The summed E-state index contributed by atoms with van der Waals surface area (Å²) in [5.41, 5.74) is 1.48. The van der Waals surface area contributed by atoms with Crippen molar-refractivity contribution in [3.05, 3.63) is 59.7 Å². The van der Waals surface area contributed by atoms with Crippen molar-refractivity contribution in [3.8, 4) is 5.75 Å². The minimum Gasteiger partial charge on any atom is -0.495 e. The third-order valence-corrected chi connectivity index (χ3v) is 3.72. The molecule has 132 valence electrons. The molecule has 1 amide bonds. The molecule has 0 saturated heterocycles. The minimum atomic E-state index is -0.368. The van der Waals surface area contributed by atoms with Gasteiger partial charge < -0.3 is 14.8 Å². The predicted octanol–water partition coefficient (Wildman–Crippen LogP) is 4.29. The lowest BCUT2D eigenvalue weighted by molar-refractivity contribution is 0.0498. The first-order valence-electron chi connectivity index (χ1n) is 8.37. The van der Waals surface area contributed by atoms with Gasteiger partial charge in [-0.1, -0.05) is 31.9 Å². The van der Waals surface area contributed by atoms with E-state index in [1.54, 1.807) is 43.5 Å². The van der Waals surface area contributed by atoms with E-state index in [9.17, 15) is 9.59 Å². The number of para-hydroxylation sites is 2. The molecule has 0 fully saturated rings. The van der Waals surface area contributed by atoms with Crippen LogP contribution in [0.2, 0.25) is 0 Å². The van der Waals surface area contributed by atoms with Crippen LogP contribution < -0.4 is 10.1 Å². The molecular formula is C20H23NO4. The summed E-state index contributed by atoms with van der Waals surface area (Å²) in [6.07, 6.45) is 2.98. The van der Waals surface area contributed by atoms with Gasteiger partial charge in [0.25, 0.3) is 5.91 Å². The fraction of sp³-hybridized carbons (Fsp3) is 0.300. The molecule has 0 aliphatic heterocycles. The zero-order valence-electron chi connectivity index (χ0n) is 14.6. The number of rotatable bonds is 8. The maximum Gasteiger partial charge on any atom is 0.338 e. The van der Waals surface area contributed by atoms with Crippen LogP contribution in [-0.2, 0) is 4.74 Å². The number of carbonyl (C=O) groups excluding carboxylic acids is 2. The van der Waals surface area contributed by atoms with Crippen LogP contribution in [0.5, 0.6) is 5.75 Å². The molecule has 5 heteroatoms. The summed E-state index contributed by atoms with van der Waals surface area (Å²) >= 11 is 0. The Kier molecular flexibility index (Phi) is 7.01. The molecule has 0 radical (unpaired) electrons. The maximum atomic E-state index is 12.3. The van der Waals surface area contributed by atoms with Gasteiger partial charge in [-0.15, -0.1) is 0 Å². The molecule has 5 nitrogen and oxygen atoms in total. The van der Waals surface area contributed by atoms with Crippen molar-refractivity contribution in [3.63, 3.8) is 0 Å². The van der Waals surface area contributed by atoms with E-state index in [4.69, 9.17) is 9.47 Å². The van der Waals surface area contributed by atoms with Crippen LogP contribution in [-0.4, -0.2) is 25.6 Å². The molecule has 0 heterocycles. The predicted molar refractivity (Wildman–Crippen MR) is 97.2 cm³/mol. The van der Waals surface area contributed by atoms with Crippen molar-refractivity contribution in [2.75, 3.05) is 19.0 Å². The zero-order valence-corrected chi connectivity index (χ0v) is 14.6. The summed E-state index contributed by atoms with van der Waals surface area (Å²) in [6.45, 7) is 2.51. The van der Waals surface area contributed by atoms with Crippen LogP contribution in [0.4, 0.5) is 5.69 Å². The molecule has 2 rings (SSSR count). The van der Waals surface area contributed by atoms with E-state index in [0.29, 0.717) is 29.2 Å². The van der Waals surface area contributed by atoms with Crippen molar-refractivity contribution < 1.29 is 19.1 Å². The number of benzene rings is 2. The Balaban J connectivity index is 1.97. The standard InChI is InChI=1S/C20H23NO4/c1-3-4-7-14-25-20(23)16-12-10-15(11-13-16)19(22)21-17-8-5-6-9-18(17)24-2/h5-6,8-13H,3-4,7,14H2,1-2H3,(H,21,22). The normalized spacial score (nSPS) is 10.2. The SMILES string of the molecule is CCCCCOC(=O)c1ccc(C(=O)Nc2ccccc2OC)cc1. The lowest BCUT2D eigenvalue weighted by Crippen LogP contribution is -2.13. The van der Waals surface area contributed by atoms with Crippen LogP contribution in [0.15, 0.2) is 48.5 Å². The first-order chi connectivity index (χ1) is 12.2. The van der Waals surface area contributed by atoms with Gasteiger partial charge in [0.15, 0.2) is 0 Å². The first-order valence-corrected chi connectivity index (χ1v) is 8.37. The second-order valence-corrected chi connectivity index (χ2v) is 5.57. The van der Waals surface area contributed by atoms with Crippen molar-refractivity contribution in [1.82, 2.24) is 0 Å². The number of amides is 1. The van der Waals surface area contributed by atoms with E-state index < -0.39 is 0 Å². The van der Waals surface area contributed by atoms with E-state index in [1.807, 2.05) is 12.1 Å². The lowest BCUT2D eigenvalue weighted by Gasteiger charge is -2.10. The summed E-state index contributed by atoms with van der Waals surface area (Å²) < 4.78 is 10.4. The quantitative estimate of drug-likeness (QED) is 0.574. The highest BCUT2D eigenvalue weighted by Crippen LogP contribution is 2.23. The molecule has 0 aliphatic carbocycles. The molecule has 0 spiro atoms. The molecule has 2 aromatic rings. The van der Waals surface area contributed by atoms with Crippen LogP contribution in [0, 0.1) is 0 Å². The summed E-state index contributed by atoms with van der Waals surface area (Å²) in [6, 6.07) is 13.6. The maximum absolute atomic E-state index is 12.3. The molecule has 25 heavy (non-hydrogen) atoms. The Hall–Kier alpha value is -2.82. The van der Waals surface area contributed by atoms with Gasteiger partial charge in [-0.25, -0.2) is 4.79 Å². The number of anilines is 1. The lowest BCUT2D eigenvalue weighted by atomic mass is 10.1. The molecule has 2 aromatic carbocycles. The zero-order chi connectivity index (χ0) is 18.1. The molecule has 0 aromatic heterocycles. The van der Waals surface area contributed by atoms with Gasteiger partial charge in [-0.3, -0.25) is 4.79 Å². The number of carbonyl (C=O) groups is 2. The largest absolute Gasteiger partial charge is 0.495 e. The monoisotopic (exact) mass is 341 g/mol. The Morgan fingerprint density at radius 3 is 2.32 bits per heavy atom. The fourth-order valence-electron chi connectivity index (χ4n) is 2.30. The van der Waals surface area contributed by atoms with Gasteiger partial charge in [-0.2, -0.15) is 0 Å². The molecular weight excluding hydrogens is 318 g/mol. The smallest absolute Gasteiger partial charge is 0.338 e. The van der Waals surface area contributed by atoms with E-state index in [2.05, 4.69) is 12.2 Å². The van der Waals surface area contributed by atoms with Gasteiger partial charge in [0.2, 0.25) is 0 Å². The van der Waals surface area contributed by atoms with Crippen molar-refractivity contribution in [2.24, 2.45) is 0 Å². The van der Waals surface area contributed by atoms with E-state index in [-0.39, 0.29) is 11.9 Å². The number of unbranched alkanes of at least 4 members (excludes halogenated alkanes) is 2. The summed E-state index contributed by atoms with van der Waals surface area (Å²) in [4.78, 5) is 24.2. The highest BCUT2D eigenvalue weighted by Gasteiger charge is 2.11.